The van der Waals surface area contributed by atoms with E-state index in [0.717, 1.165) is 61.3 Å². The van der Waals surface area contributed by atoms with Crippen molar-refractivity contribution in [3.63, 3.8) is 0 Å². The molecule has 4 rings (SSSR count). The molecule has 28 heavy (non-hydrogen) atoms. The average molecular weight is 379 g/mol. The summed E-state index contributed by atoms with van der Waals surface area (Å²) in [7, 11) is 0. The van der Waals surface area contributed by atoms with Gasteiger partial charge in [0.25, 0.3) is 5.91 Å². The molecule has 1 atom stereocenters. The molecule has 2 aliphatic heterocycles. The molecule has 7 nitrogen and oxygen atoms in total. The Morgan fingerprint density at radius 3 is 2.86 bits per heavy atom. The Balaban J connectivity index is 1.56. The van der Waals surface area contributed by atoms with Crippen LogP contribution in [0.5, 0.6) is 0 Å². The number of hydrogen-bond donors (Lipinski definition) is 2. The number of fused-ring (bicyclic) bond motifs is 1. The maximum absolute atomic E-state index is 12.3. The van der Waals surface area contributed by atoms with Crippen molar-refractivity contribution in [1.82, 2.24) is 25.3 Å². The topological polar surface area (TPSA) is 79.3 Å². The van der Waals surface area contributed by atoms with Crippen LogP contribution in [0.2, 0.25) is 0 Å². The lowest BCUT2D eigenvalue weighted by Gasteiger charge is -2.26. The summed E-state index contributed by atoms with van der Waals surface area (Å²) in [6.45, 7) is 7.18. The molecule has 0 aliphatic carbocycles. The lowest BCUT2D eigenvalue weighted by Crippen LogP contribution is -2.43. The van der Waals surface area contributed by atoms with Gasteiger partial charge in [-0.25, -0.2) is 0 Å². The Labute approximate surface area is 164 Å². The first-order valence-corrected chi connectivity index (χ1v) is 9.87. The van der Waals surface area contributed by atoms with Crippen LogP contribution in [0.1, 0.15) is 36.6 Å². The summed E-state index contributed by atoms with van der Waals surface area (Å²) >= 11 is 0. The largest absolute Gasteiger partial charge is 0.314 e. The zero-order valence-electron chi connectivity index (χ0n) is 16.1. The van der Waals surface area contributed by atoms with Gasteiger partial charge in [-0.1, -0.05) is 17.9 Å². The number of nitrogens with one attached hydrogen (secondary N) is 2. The lowest BCUT2D eigenvalue weighted by atomic mass is 10.0. The van der Waals surface area contributed by atoms with Crippen LogP contribution in [0.25, 0.3) is 10.9 Å². The minimum atomic E-state index is -0.454. The normalized spacial score (nSPS) is 20.7. The van der Waals surface area contributed by atoms with Crippen molar-refractivity contribution in [3.8, 4) is 11.8 Å². The average Bonchev–Trinajstić information content (AvgIpc) is 3.03. The first-order valence-electron chi connectivity index (χ1n) is 9.87. The third kappa shape index (κ3) is 3.79. The zero-order chi connectivity index (χ0) is 19.5. The van der Waals surface area contributed by atoms with Crippen LogP contribution in [0.15, 0.2) is 18.2 Å². The summed E-state index contributed by atoms with van der Waals surface area (Å²) in [6, 6.07) is 5.46. The fraction of sp³-hybridized carbons (Fsp3) is 0.476. The van der Waals surface area contributed by atoms with E-state index in [0.29, 0.717) is 12.8 Å². The highest BCUT2D eigenvalue weighted by Crippen LogP contribution is 2.28. The van der Waals surface area contributed by atoms with Gasteiger partial charge in [0.15, 0.2) is 0 Å². The highest BCUT2D eigenvalue weighted by atomic mass is 16.2. The lowest BCUT2D eigenvalue weighted by molar-refractivity contribution is -0.135. The molecular formula is C21H25N5O2. The molecule has 0 radical (unpaired) electrons. The van der Waals surface area contributed by atoms with E-state index in [-0.39, 0.29) is 11.8 Å². The molecule has 2 fully saturated rings. The molecule has 2 N–H and O–H groups in total. The number of benzene rings is 1. The number of piperazine rings is 1. The summed E-state index contributed by atoms with van der Waals surface area (Å²) in [5.74, 6) is 6.10. The van der Waals surface area contributed by atoms with Gasteiger partial charge in [-0.2, -0.15) is 5.10 Å². The second-order valence-corrected chi connectivity index (χ2v) is 7.34. The highest BCUT2D eigenvalue weighted by Gasteiger charge is 2.30. The maximum atomic E-state index is 12.3. The number of imide groups is 1. The smallest absolute Gasteiger partial charge is 0.251 e. The van der Waals surface area contributed by atoms with Crippen molar-refractivity contribution in [1.29, 1.82) is 0 Å². The zero-order valence-corrected chi connectivity index (χ0v) is 16.1. The van der Waals surface area contributed by atoms with Gasteiger partial charge >= 0.3 is 0 Å². The molecule has 0 bridgehead atoms. The quantitative estimate of drug-likeness (QED) is 0.614. The number of hydrogen-bond acceptors (Lipinski definition) is 5. The van der Waals surface area contributed by atoms with Gasteiger partial charge in [0.2, 0.25) is 5.91 Å². The van der Waals surface area contributed by atoms with E-state index in [1.54, 1.807) is 4.68 Å². The molecule has 3 heterocycles. The summed E-state index contributed by atoms with van der Waals surface area (Å²) in [5.41, 5.74) is 2.68. The van der Waals surface area contributed by atoms with Crippen LogP contribution in [0, 0.1) is 18.8 Å². The second-order valence-electron chi connectivity index (χ2n) is 7.34. The van der Waals surface area contributed by atoms with E-state index in [2.05, 4.69) is 32.5 Å². The predicted molar refractivity (Wildman–Crippen MR) is 107 cm³/mol. The van der Waals surface area contributed by atoms with Crippen LogP contribution in [0.3, 0.4) is 0 Å². The van der Waals surface area contributed by atoms with Crippen molar-refractivity contribution in [2.75, 3.05) is 32.7 Å². The Bertz CT molecular complexity index is 962. The summed E-state index contributed by atoms with van der Waals surface area (Å²) in [5, 5.41) is 11.4. The van der Waals surface area contributed by atoms with Crippen LogP contribution >= 0.6 is 0 Å². The Kier molecular flexibility index (Phi) is 5.42. The van der Waals surface area contributed by atoms with Crippen molar-refractivity contribution in [2.45, 2.75) is 32.2 Å². The van der Waals surface area contributed by atoms with Crippen molar-refractivity contribution < 1.29 is 9.59 Å². The predicted octanol–water partition coefficient (Wildman–Crippen LogP) is 0.969. The van der Waals surface area contributed by atoms with E-state index < -0.39 is 6.04 Å². The molecule has 7 heteroatoms. The minimum absolute atomic E-state index is 0.217. The SMILES string of the molecule is Cc1nn(C2CCC(=O)NC2=O)c2cccc(C#CCCN3CCNCC3)c12. The van der Waals surface area contributed by atoms with E-state index in [9.17, 15) is 9.59 Å². The summed E-state index contributed by atoms with van der Waals surface area (Å²) < 4.78 is 1.75. The molecule has 1 unspecified atom stereocenters. The number of aromatic nitrogens is 2. The van der Waals surface area contributed by atoms with Gasteiger partial charge in [-0.05, 0) is 25.5 Å². The number of carbonyl (C=O) groups is 2. The first-order chi connectivity index (χ1) is 13.6. The van der Waals surface area contributed by atoms with E-state index in [4.69, 9.17) is 0 Å². The molecule has 2 amide bonds. The van der Waals surface area contributed by atoms with Crippen molar-refractivity contribution in [2.24, 2.45) is 0 Å². The Morgan fingerprint density at radius 2 is 2.07 bits per heavy atom. The van der Waals surface area contributed by atoms with Gasteiger partial charge in [-0.15, -0.1) is 0 Å². The maximum Gasteiger partial charge on any atom is 0.251 e. The van der Waals surface area contributed by atoms with Gasteiger partial charge in [0, 0.05) is 56.5 Å². The van der Waals surface area contributed by atoms with E-state index in [1.165, 1.54) is 0 Å². The Hall–Kier alpha value is -2.69. The fourth-order valence-electron chi connectivity index (χ4n) is 3.94. The molecule has 146 valence electrons. The monoisotopic (exact) mass is 379 g/mol. The van der Waals surface area contributed by atoms with Gasteiger partial charge in [0.1, 0.15) is 6.04 Å². The molecule has 1 aromatic heterocycles. The number of aryl methyl sites for hydroxylation is 1. The fourth-order valence-corrected chi connectivity index (χ4v) is 3.94. The van der Waals surface area contributed by atoms with Crippen molar-refractivity contribution >= 4 is 22.7 Å². The molecule has 2 aromatic rings. The van der Waals surface area contributed by atoms with Crippen LogP contribution in [0.4, 0.5) is 0 Å². The molecular weight excluding hydrogens is 354 g/mol. The van der Waals surface area contributed by atoms with Crippen LogP contribution in [-0.4, -0.2) is 59.2 Å². The minimum Gasteiger partial charge on any atom is -0.314 e. The molecule has 0 saturated carbocycles. The third-order valence-electron chi connectivity index (χ3n) is 5.40. The molecule has 0 spiro atoms. The van der Waals surface area contributed by atoms with Crippen LogP contribution in [-0.2, 0) is 9.59 Å². The van der Waals surface area contributed by atoms with E-state index >= 15 is 0 Å². The molecule has 2 saturated heterocycles. The summed E-state index contributed by atoms with van der Waals surface area (Å²) in [6.07, 6.45) is 1.64. The standard InChI is InChI=1S/C21H25N5O2/c1-15-20-16(5-2-3-12-25-13-10-22-11-14-25)6-4-7-17(20)26(24-15)18-8-9-19(27)23-21(18)28/h4,6-7,18,22H,3,8-14H2,1H3,(H,23,27,28). The second kappa shape index (κ2) is 8.13. The van der Waals surface area contributed by atoms with Crippen LogP contribution < -0.4 is 10.6 Å². The number of carbonyl (C=O) groups excluding carboxylic acids is 2. The first kappa shape index (κ1) is 18.7. The number of rotatable bonds is 3. The Morgan fingerprint density at radius 1 is 1.25 bits per heavy atom. The third-order valence-corrected chi connectivity index (χ3v) is 5.40. The molecule has 1 aromatic carbocycles. The number of amides is 2. The highest BCUT2D eigenvalue weighted by molar-refractivity contribution is 6.00. The molecule has 2 aliphatic rings. The van der Waals surface area contributed by atoms with Gasteiger partial charge in [0.05, 0.1) is 11.2 Å². The van der Waals surface area contributed by atoms with E-state index in [1.807, 2.05) is 25.1 Å². The van der Waals surface area contributed by atoms with Gasteiger partial charge < -0.3 is 5.32 Å². The van der Waals surface area contributed by atoms with Crippen molar-refractivity contribution in [3.05, 3.63) is 29.5 Å². The number of piperidine rings is 1. The van der Waals surface area contributed by atoms with Gasteiger partial charge in [-0.3, -0.25) is 24.5 Å². The summed E-state index contributed by atoms with van der Waals surface area (Å²) in [4.78, 5) is 26.2. The number of nitrogens with zero attached hydrogens (tertiary/aromatic N) is 3.